The Bertz CT molecular complexity index is 1090. The third-order valence-electron chi connectivity index (χ3n) is 4.12. The number of nitrogens with zero attached hydrogens (tertiary/aromatic N) is 4. The van der Waals surface area contributed by atoms with E-state index in [1.807, 2.05) is 60.7 Å². The molecule has 29 heavy (non-hydrogen) atoms. The third-order valence-corrected chi connectivity index (χ3v) is 5.30. The predicted molar refractivity (Wildman–Crippen MR) is 109 cm³/mol. The van der Waals surface area contributed by atoms with E-state index in [1.54, 1.807) is 4.68 Å². The molecule has 1 atom stereocenters. The molecule has 0 aliphatic heterocycles. The summed E-state index contributed by atoms with van der Waals surface area (Å²) in [7, 11) is 0. The fourth-order valence-electron chi connectivity index (χ4n) is 2.73. The van der Waals surface area contributed by atoms with Gasteiger partial charge in [0, 0.05) is 5.69 Å². The molecule has 0 saturated heterocycles. The van der Waals surface area contributed by atoms with E-state index in [-0.39, 0.29) is 11.7 Å². The molecule has 1 heterocycles. The molecular formula is C21H16FN5OS. The number of tetrazole rings is 1. The number of aromatic nitrogens is 4. The van der Waals surface area contributed by atoms with E-state index in [9.17, 15) is 9.18 Å². The predicted octanol–water partition coefficient (Wildman–Crippen LogP) is 4.27. The van der Waals surface area contributed by atoms with E-state index in [0.29, 0.717) is 10.8 Å². The van der Waals surface area contributed by atoms with E-state index in [1.165, 1.54) is 36.0 Å². The van der Waals surface area contributed by atoms with Crippen LogP contribution in [-0.4, -0.2) is 26.1 Å². The van der Waals surface area contributed by atoms with Gasteiger partial charge in [0.2, 0.25) is 11.1 Å². The molecule has 8 heteroatoms. The van der Waals surface area contributed by atoms with Crippen LogP contribution in [0.1, 0.15) is 10.8 Å². The number of carbonyl (C=O) groups excluding carboxylic acids is 1. The molecule has 4 rings (SSSR count). The number of anilines is 1. The molecule has 4 aromatic rings. The first-order valence-electron chi connectivity index (χ1n) is 8.82. The first-order chi connectivity index (χ1) is 14.2. The van der Waals surface area contributed by atoms with E-state index >= 15 is 0 Å². The molecule has 1 N–H and O–H groups in total. The van der Waals surface area contributed by atoms with Crippen LogP contribution in [0.25, 0.3) is 5.69 Å². The fourth-order valence-corrected chi connectivity index (χ4v) is 3.73. The van der Waals surface area contributed by atoms with Gasteiger partial charge in [-0.25, -0.2) is 4.39 Å². The van der Waals surface area contributed by atoms with Crippen molar-refractivity contribution in [3.05, 3.63) is 96.3 Å². The molecule has 0 saturated carbocycles. The van der Waals surface area contributed by atoms with Crippen molar-refractivity contribution in [3.8, 4) is 5.69 Å². The monoisotopic (exact) mass is 405 g/mol. The maximum Gasteiger partial charge on any atom is 0.242 e. The Hall–Kier alpha value is -3.52. The number of nitrogens with one attached hydrogen (secondary N) is 1. The van der Waals surface area contributed by atoms with Gasteiger partial charge in [0.15, 0.2) is 0 Å². The Labute approximate surface area is 170 Å². The Morgan fingerprint density at radius 2 is 1.59 bits per heavy atom. The summed E-state index contributed by atoms with van der Waals surface area (Å²) < 4.78 is 14.8. The molecule has 0 fully saturated rings. The van der Waals surface area contributed by atoms with Gasteiger partial charge in [0.05, 0.1) is 5.69 Å². The summed E-state index contributed by atoms with van der Waals surface area (Å²) in [5.74, 6) is -0.616. The molecule has 0 radical (unpaired) electrons. The summed E-state index contributed by atoms with van der Waals surface area (Å²) in [5, 5.41) is 14.6. The molecular weight excluding hydrogens is 389 g/mol. The number of amides is 1. The number of carbonyl (C=O) groups is 1. The zero-order valence-corrected chi connectivity index (χ0v) is 16.0. The van der Waals surface area contributed by atoms with Crippen molar-refractivity contribution in [2.75, 3.05) is 5.32 Å². The third kappa shape index (κ3) is 4.49. The topological polar surface area (TPSA) is 72.7 Å². The molecule has 0 spiro atoms. The first-order valence-corrected chi connectivity index (χ1v) is 9.70. The lowest BCUT2D eigenvalue weighted by Crippen LogP contribution is -2.19. The van der Waals surface area contributed by atoms with Gasteiger partial charge in [-0.1, -0.05) is 60.3 Å². The number of rotatable bonds is 6. The minimum absolute atomic E-state index is 0.254. The minimum atomic E-state index is -0.602. The van der Waals surface area contributed by atoms with Crippen molar-refractivity contribution in [2.24, 2.45) is 0 Å². The second-order valence-electron chi connectivity index (χ2n) is 6.11. The quantitative estimate of drug-likeness (QED) is 0.485. The molecule has 0 unspecified atom stereocenters. The number of thioether (sulfide) groups is 1. The Morgan fingerprint density at radius 3 is 2.28 bits per heavy atom. The zero-order valence-electron chi connectivity index (χ0n) is 15.1. The number of para-hydroxylation sites is 1. The average Bonchev–Trinajstić information content (AvgIpc) is 3.23. The minimum Gasteiger partial charge on any atom is -0.325 e. The van der Waals surface area contributed by atoms with E-state index in [4.69, 9.17) is 0 Å². The van der Waals surface area contributed by atoms with Gasteiger partial charge in [-0.3, -0.25) is 4.79 Å². The zero-order chi connectivity index (χ0) is 20.1. The Morgan fingerprint density at radius 1 is 0.931 bits per heavy atom. The Kier molecular flexibility index (Phi) is 5.62. The van der Waals surface area contributed by atoms with Crippen molar-refractivity contribution < 1.29 is 9.18 Å². The molecule has 3 aromatic carbocycles. The highest BCUT2D eigenvalue weighted by atomic mass is 32.2. The SMILES string of the molecule is O=C(Nc1ccc(F)cc1)[C@@H](Sc1nnnn1-c1ccccc1)c1ccccc1. The van der Waals surface area contributed by atoms with Crippen molar-refractivity contribution in [1.29, 1.82) is 0 Å². The van der Waals surface area contributed by atoms with Crippen LogP contribution in [0, 0.1) is 5.82 Å². The van der Waals surface area contributed by atoms with Gasteiger partial charge in [0.25, 0.3) is 0 Å². The van der Waals surface area contributed by atoms with Gasteiger partial charge in [-0.2, -0.15) is 4.68 Å². The van der Waals surface area contributed by atoms with Crippen LogP contribution < -0.4 is 5.32 Å². The van der Waals surface area contributed by atoms with Gasteiger partial charge < -0.3 is 5.32 Å². The standard InChI is InChI=1S/C21H16FN5OS/c22-16-11-13-17(14-12-16)23-20(28)19(15-7-3-1-4-8-15)29-21-24-25-26-27(21)18-9-5-2-6-10-18/h1-14,19H,(H,23,28)/t19-/m0/s1. The van der Waals surface area contributed by atoms with Crippen molar-refractivity contribution in [1.82, 2.24) is 20.2 Å². The normalized spacial score (nSPS) is 11.8. The lowest BCUT2D eigenvalue weighted by Gasteiger charge is -2.16. The van der Waals surface area contributed by atoms with Crippen LogP contribution in [-0.2, 0) is 4.79 Å². The highest BCUT2D eigenvalue weighted by Crippen LogP contribution is 2.35. The van der Waals surface area contributed by atoms with Gasteiger partial charge in [-0.15, -0.1) is 5.10 Å². The number of benzene rings is 3. The van der Waals surface area contributed by atoms with Gasteiger partial charge in [0.1, 0.15) is 11.1 Å². The average molecular weight is 405 g/mol. The summed E-state index contributed by atoms with van der Waals surface area (Å²) in [6.07, 6.45) is 0. The van der Waals surface area contributed by atoms with E-state index < -0.39 is 5.25 Å². The van der Waals surface area contributed by atoms with Crippen LogP contribution >= 0.6 is 11.8 Å². The van der Waals surface area contributed by atoms with Crippen molar-refractivity contribution >= 4 is 23.4 Å². The lowest BCUT2D eigenvalue weighted by atomic mass is 10.1. The summed E-state index contributed by atoms with van der Waals surface area (Å²) in [5.41, 5.74) is 2.12. The maximum atomic E-state index is 13.2. The van der Waals surface area contributed by atoms with Crippen molar-refractivity contribution in [3.63, 3.8) is 0 Å². The van der Waals surface area contributed by atoms with E-state index in [0.717, 1.165) is 11.3 Å². The van der Waals surface area contributed by atoms with Crippen molar-refractivity contribution in [2.45, 2.75) is 10.4 Å². The van der Waals surface area contributed by atoms with Crippen LogP contribution in [0.3, 0.4) is 0 Å². The number of halogens is 1. The number of hydrogen-bond acceptors (Lipinski definition) is 5. The summed E-state index contributed by atoms with van der Waals surface area (Å²) in [4.78, 5) is 13.1. The molecule has 6 nitrogen and oxygen atoms in total. The molecule has 0 aliphatic rings. The first kappa shape index (κ1) is 18.8. The Balaban J connectivity index is 1.63. The summed E-state index contributed by atoms with van der Waals surface area (Å²) in [6.45, 7) is 0. The maximum absolute atomic E-state index is 13.2. The summed E-state index contributed by atoms with van der Waals surface area (Å²) >= 11 is 1.24. The van der Waals surface area contributed by atoms with Gasteiger partial charge >= 0.3 is 0 Å². The smallest absolute Gasteiger partial charge is 0.242 e. The molecule has 1 aromatic heterocycles. The highest BCUT2D eigenvalue weighted by Gasteiger charge is 2.25. The lowest BCUT2D eigenvalue weighted by molar-refractivity contribution is -0.115. The molecule has 144 valence electrons. The van der Waals surface area contributed by atoms with Crippen LogP contribution in [0.2, 0.25) is 0 Å². The molecule has 0 bridgehead atoms. The van der Waals surface area contributed by atoms with Crippen LogP contribution in [0.5, 0.6) is 0 Å². The highest BCUT2D eigenvalue weighted by molar-refractivity contribution is 8.00. The molecule has 1 amide bonds. The van der Waals surface area contributed by atoms with E-state index in [2.05, 4.69) is 20.8 Å². The van der Waals surface area contributed by atoms with Crippen LogP contribution in [0.15, 0.2) is 90.1 Å². The second-order valence-corrected chi connectivity index (χ2v) is 7.19. The van der Waals surface area contributed by atoms with Gasteiger partial charge in [-0.05, 0) is 52.4 Å². The summed E-state index contributed by atoms with van der Waals surface area (Å²) in [6, 6.07) is 24.5. The largest absolute Gasteiger partial charge is 0.325 e. The van der Waals surface area contributed by atoms with Crippen LogP contribution in [0.4, 0.5) is 10.1 Å². The second kappa shape index (κ2) is 8.66. The fraction of sp³-hybridized carbons (Fsp3) is 0.0476. The molecule has 0 aliphatic carbocycles. The number of hydrogen-bond donors (Lipinski definition) is 1.